The van der Waals surface area contributed by atoms with Gasteiger partial charge in [-0.3, -0.25) is 5.32 Å². The van der Waals surface area contributed by atoms with Gasteiger partial charge in [0.1, 0.15) is 6.61 Å². The Hall–Kier alpha value is -1.82. The summed E-state index contributed by atoms with van der Waals surface area (Å²) in [5, 5.41) is 2.44. The number of rotatable bonds is 5. The molecule has 0 bridgehead atoms. The Morgan fingerprint density at radius 3 is 2.75 bits per heavy atom. The lowest BCUT2D eigenvalue weighted by Gasteiger charge is -2.07. The Balaban J connectivity index is 2.42. The van der Waals surface area contributed by atoms with Crippen LogP contribution in [0.3, 0.4) is 0 Å². The molecule has 20 heavy (non-hydrogen) atoms. The van der Waals surface area contributed by atoms with Gasteiger partial charge >= 0.3 is 12.1 Å². The summed E-state index contributed by atoms with van der Waals surface area (Å²) in [5.74, 6) is -0.503. The summed E-state index contributed by atoms with van der Waals surface area (Å²) >= 11 is 3.33. The number of esters is 1. The van der Waals surface area contributed by atoms with Gasteiger partial charge in [0.15, 0.2) is 0 Å². The molecule has 0 saturated heterocycles. The Morgan fingerprint density at radius 2 is 2.10 bits per heavy atom. The van der Waals surface area contributed by atoms with Crippen LogP contribution in [0.1, 0.15) is 19.4 Å². The van der Waals surface area contributed by atoms with E-state index >= 15 is 0 Å². The molecule has 1 rings (SSSR count). The molecular weight excluding hydrogens is 326 g/mol. The predicted octanol–water partition coefficient (Wildman–Crippen LogP) is 3.14. The third-order valence-electron chi connectivity index (χ3n) is 2.18. The Morgan fingerprint density at radius 1 is 1.35 bits per heavy atom. The molecule has 0 spiro atoms. The van der Waals surface area contributed by atoms with Crippen LogP contribution in [0, 0.1) is 0 Å². The van der Waals surface area contributed by atoms with E-state index in [2.05, 4.69) is 21.2 Å². The second-order valence-electron chi connectivity index (χ2n) is 3.91. The molecule has 0 saturated carbocycles. The van der Waals surface area contributed by atoms with Gasteiger partial charge in [-0.2, -0.15) is 0 Å². The molecule has 0 heterocycles. The summed E-state index contributed by atoms with van der Waals surface area (Å²) in [6, 6.07) is 7.44. The number of ether oxygens (including phenoxy) is 2. The van der Waals surface area contributed by atoms with Gasteiger partial charge in [0.2, 0.25) is 0 Å². The Bertz CT molecular complexity index is 514. The zero-order valence-electron chi connectivity index (χ0n) is 11.3. The number of alkyl carbamates (subject to hydrolysis) is 1. The number of hydrogen-bond acceptors (Lipinski definition) is 4. The van der Waals surface area contributed by atoms with Crippen molar-refractivity contribution in [2.75, 3.05) is 6.61 Å². The van der Waals surface area contributed by atoms with Crippen LogP contribution in [0.15, 0.2) is 40.5 Å². The van der Waals surface area contributed by atoms with Crippen molar-refractivity contribution in [1.29, 1.82) is 0 Å². The van der Waals surface area contributed by atoms with Crippen molar-refractivity contribution in [3.63, 3.8) is 0 Å². The zero-order valence-corrected chi connectivity index (χ0v) is 12.9. The smallest absolute Gasteiger partial charge is 0.411 e. The van der Waals surface area contributed by atoms with Gasteiger partial charge < -0.3 is 9.47 Å². The average molecular weight is 342 g/mol. The molecule has 1 aromatic carbocycles. The SMILES string of the molecule is CCOC(=O)/C=C(/C)NC(=O)OCc1cccc(Br)c1. The first kappa shape index (κ1) is 16.2. The van der Waals surface area contributed by atoms with Crippen LogP contribution < -0.4 is 5.32 Å². The fraction of sp³-hybridized carbons (Fsp3) is 0.286. The molecule has 1 amide bonds. The molecule has 0 radical (unpaired) electrons. The van der Waals surface area contributed by atoms with Crippen LogP contribution in [-0.4, -0.2) is 18.7 Å². The van der Waals surface area contributed by atoms with Crippen LogP contribution in [0.5, 0.6) is 0 Å². The maximum Gasteiger partial charge on any atom is 0.411 e. The van der Waals surface area contributed by atoms with E-state index in [-0.39, 0.29) is 13.2 Å². The highest BCUT2D eigenvalue weighted by atomic mass is 79.9. The summed E-state index contributed by atoms with van der Waals surface area (Å²) in [7, 11) is 0. The Labute approximate surface area is 126 Å². The van der Waals surface area contributed by atoms with Gasteiger partial charge in [0, 0.05) is 16.2 Å². The largest absolute Gasteiger partial charge is 0.463 e. The molecule has 0 atom stereocenters. The molecule has 6 heteroatoms. The van der Waals surface area contributed by atoms with Gasteiger partial charge in [-0.1, -0.05) is 28.1 Å². The highest BCUT2D eigenvalue weighted by molar-refractivity contribution is 9.10. The van der Waals surface area contributed by atoms with Crippen molar-refractivity contribution in [3.05, 3.63) is 46.1 Å². The van der Waals surface area contributed by atoms with Crippen LogP contribution in [0.2, 0.25) is 0 Å². The van der Waals surface area contributed by atoms with Crippen molar-refractivity contribution < 1.29 is 19.1 Å². The quantitative estimate of drug-likeness (QED) is 0.660. The maximum atomic E-state index is 11.5. The highest BCUT2D eigenvalue weighted by Crippen LogP contribution is 2.12. The molecule has 5 nitrogen and oxygen atoms in total. The number of allylic oxidation sites excluding steroid dienone is 1. The van der Waals surface area contributed by atoms with E-state index in [1.165, 1.54) is 6.08 Å². The van der Waals surface area contributed by atoms with Crippen LogP contribution in [-0.2, 0) is 20.9 Å². The Kier molecular flexibility index (Phi) is 6.79. The molecule has 0 fully saturated rings. The van der Waals surface area contributed by atoms with E-state index < -0.39 is 12.1 Å². The number of hydrogen-bond donors (Lipinski definition) is 1. The summed E-state index contributed by atoms with van der Waals surface area (Å²) in [6.07, 6.45) is 0.576. The number of halogens is 1. The number of carbonyl (C=O) groups excluding carboxylic acids is 2. The normalized spacial score (nSPS) is 10.8. The fourth-order valence-electron chi connectivity index (χ4n) is 1.37. The summed E-state index contributed by atoms with van der Waals surface area (Å²) < 4.78 is 10.7. The molecule has 0 aliphatic heterocycles. The van der Waals surface area contributed by atoms with Crippen molar-refractivity contribution >= 4 is 28.0 Å². The topological polar surface area (TPSA) is 64.6 Å². The van der Waals surface area contributed by atoms with Crippen LogP contribution in [0.4, 0.5) is 4.79 Å². The molecule has 1 aromatic rings. The average Bonchev–Trinajstić information content (AvgIpc) is 2.36. The number of nitrogens with one attached hydrogen (secondary N) is 1. The first-order valence-electron chi connectivity index (χ1n) is 6.04. The second kappa shape index (κ2) is 8.37. The zero-order chi connectivity index (χ0) is 15.0. The summed E-state index contributed by atoms with van der Waals surface area (Å²) in [6.45, 7) is 3.73. The van der Waals surface area contributed by atoms with Gasteiger partial charge in [-0.25, -0.2) is 9.59 Å². The molecule has 1 N–H and O–H groups in total. The van der Waals surface area contributed by atoms with E-state index in [9.17, 15) is 9.59 Å². The van der Waals surface area contributed by atoms with Crippen molar-refractivity contribution in [2.45, 2.75) is 20.5 Å². The third kappa shape index (κ3) is 6.38. The summed E-state index contributed by atoms with van der Waals surface area (Å²) in [4.78, 5) is 22.7. The first-order chi connectivity index (χ1) is 9.51. The molecule has 0 aromatic heterocycles. The van der Waals surface area contributed by atoms with Crippen molar-refractivity contribution in [3.8, 4) is 0 Å². The lowest BCUT2D eigenvalue weighted by atomic mass is 10.2. The third-order valence-corrected chi connectivity index (χ3v) is 2.67. The number of benzene rings is 1. The molecular formula is C14H16BrNO4. The van der Waals surface area contributed by atoms with Crippen LogP contribution >= 0.6 is 15.9 Å². The van der Waals surface area contributed by atoms with Crippen molar-refractivity contribution in [2.24, 2.45) is 0 Å². The van der Waals surface area contributed by atoms with E-state index in [0.29, 0.717) is 5.70 Å². The first-order valence-corrected chi connectivity index (χ1v) is 6.84. The van der Waals surface area contributed by atoms with Crippen LogP contribution in [0.25, 0.3) is 0 Å². The van der Waals surface area contributed by atoms with Gasteiger partial charge in [0.05, 0.1) is 6.61 Å². The number of amides is 1. The standard InChI is InChI=1S/C14H16BrNO4/c1-3-19-13(17)7-10(2)16-14(18)20-9-11-5-4-6-12(15)8-11/h4-8H,3,9H2,1-2H3,(H,16,18)/b10-7-. The fourth-order valence-corrected chi connectivity index (χ4v) is 1.82. The molecule has 0 aliphatic rings. The van der Waals surface area contributed by atoms with Crippen molar-refractivity contribution in [1.82, 2.24) is 5.32 Å². The lowest BCUT2D eigenvalue weighted by Crippen LogP contribution is -2.23. The van der Waals surface area contributed by atoms with Gasteiger partial charge in [0.25, 0.3) is 0 Å². The second-order valence-corrected chi connectivity index (χ2v) is 4.83. The molecule has 0 aliphatic carbocycles. The van der Waals surface area contributed by atoms with E-state index in [0.717, 1.165) is 10.0 Å². The minimum absolute atomic E-state index is 0.151. The minimum atomic E-state index is -0.622. The number of carbonyl (C=O) groups is 2. The summed E-state index contributed by atoms with van der Waals surface area (Å²) in [5.41, 5.74) is 1.23. The van der Waals surface area contributed by atoms with E-state index in [4.69, 9.17) is 9.47 Å². The van der Waals surface area contributed by atoms with Gasteiger partial charge in [-0.05, 0) is 31.5 Å². The maximum absolute atomic E-state index is 11.5. The highest BCUT2D eigenvalue weighted by Gasteiger charge is 2.05. The monoisotopic (exact) mass is 341 g/mol. The predicted molar refractivity (Wildman–Crippen MR) is 77.9 cm³/mol. The lowest BCUT2D eigenvalue weighted by molar-refractivity contribution is -0.137. The molecule has 108 valence electrons. The molecule has 0 unspecified atom stereocenters. The van der Waals surface area contributed by atoms with E-state index in [1.807, 2.05) is 24.3 Å². The van der Waals surface area contributed by atoms with Gasteiger partial charge in [-0.15, -0.1) is 0 Å². The minimum Gasteiger partial charge on any atom is -0.463 e. The van der Waals surface area contributed by atoms with E-state index in [1.54, 1.807) is 13.8 Å².